The van der Waals surface area contributed by atoms with Crippen LogP contribution in [-0.2, 0) is 6.61 Å². The Morgan fingerprint density at radius 2 is 2.17 bits per heavy atom. The summed E-state index contributed by atoms with van der Waals surface area (Å²) >= 11 is 0. The molecule has 18 heavy (non-hydrogen) atoms. The van der Waals surface area contributed by atoms with E-state index in [4.69, 9.17) is 5.11 Å². The maximum absolute atomic E-state index is 12.7. The van der Waals surface area contributed by atoms with Crippen molar-refractivity contribution in [3.8, 4) is 0 Å². The minimum absolute atomic E-state index is 0.0987. The normalized spacial score (nSPS) is 10.1. The lowest BCUT2D eigenvalue weighted by atomic mass is 10.2. The highest BCUT2D eigenvalue weighted by Crippen LogP contribution is 2.11. The Hall–Kier alpha value is -2.27. The first-order valence-corrected chi connectivity index (χ1v) is 5.32. The number of nitrogens with zero attached hydrogens (tertiary/aromatic N) is 1. The summed E-state index contributed by atoms with van der Waals surface area (Å²) in [5.41, 5.74) is 1.38. The van der Waals surface area contributed by atoms with Crippen LogP contribution in [0.25, 0.3) is 0 Å². The van der Waals surface area contributed by atoms with E-state index in [0.717, 1.165) is 6.20 Å². The number of pyridine rings is 1. The molecule has 0 aliphatic carbocycles. The fourth-order valence-electron chi connectivity index (χ4n) is 1.45. The molecule has 92 valence electrons. The van der Waals surface area contributed by atoms with Crippen LogP contribution < -0.4 is 5.32 Å². The van der Waals surface area contributed by atoms with Gasteiger partial charge in [0.25, 0.3) is 5.91 Å². The van der Waals surface area contributed by atoms with Crippen LogP contribution in [0.4, 0.5) is 10.1 Å². The van der Waals surface area contributed by atoms with E-state index in [1.165, 1.54) is 12.1 Å². The quantitative estimate of drug-likeness (QED) is 0.870. The first-order chi connectivity index (χ1) is 8.69. The van der Waals surface area contributed by atoms with Crippen LogP contribution in [0.1, 0.15) is 16.1 Å². The Kier molecular flexibility index (Phi) is 3.64. The molecular formula is C13H11FN2O2. The Morgan fingerprint density at radius 3 is 2.83 bits per heavy atom. The predicted molar refractivity (Wildman–Crippen MR) is 64.5 cm³/mol. The van der Waals surface area contributed by atoms with E-state index in [0.29, 0.717) is 11.3 Å². The smallest absolute Gasteiger partial charge is 0.274 e. The molecule has 0 bridgehead atoms. The van der Waals surface area contributed by atoms with Gasteiger partial charge >= 0.3 is 0 Å². The Labute approximate surface area is 103 Å². The van der Waals surface area contributed by atoms with Crippen molar-refractivity contribution in [1.29, 1.82) is 0 Å². The summed E-state index contributed by atoms with van der Waals surface area (Å²) in [5, 5.41) is 11.6. The van der Waals surface area contributed by atoms with Gasteiger partial charge in [0, 0.05) is 5.69 Å². The van der Waals surface area contributed by atoms with E-state index in [-0.39, 0.29) is 12.3 Å². The van der Waals surface area contributed by atoms with E-state index < -0.39 is 11.7 Å². The number of benzene rings is 1. The van der Waals surface area contributed by atoms with Crippen molar-refractivity contribution in [2.45, 2.75) is 6.61 Å². The second-order valence-corrected chi connectivity index (χ2v) is 3.67. The average molecular weight is 246 g/mol. The maximum atomic E-state index is 12.7. The monoisotopic (exact) mass is 246 g/mol. The number of carbonyl (C=O) groups excluding carboxylic acids is 1. The minimum atomic E-state index is -0.492. The van der Waals surface area contributed by atoms with Crippen molar-refractivity contribution < 1.29 is 14.3 Å². The zero-order valence-corrected chi connectivity index (χ0v) is 9.43. The highest BCUT2D eigenvalue weighted by molar-refractivity contribution is 6.02. The van der Waals surface area contributed by atoms with Crippen LogP contribution in [0, 0.1) is 5.82 Å². The molecule has 1 aromatic heterocycles. The van der Waals surface area contributed by atoms with Crippen LogP contribution in [0.3, 0.4) is 0 Å². The SMILES string of the molecule is O=C(Nc1cccc(CO)c1)c1ccc(F)cn1. The van der Waals surface area contributed by atoms with Crippen molar-refractivity contribution >= 4 is 11.6 Å². The van der Waals surface area contributed by atoms with Gasteiger partial charge in [-0.05, 0) is 29.8 Å². The molecule has 1 amide bonds. The van der Waals surface area contributed by atoms with Crippen molar-refractivity contribution in [3.05, 3.63) is 59.7 Å². The summed E-state index contributed by atoms with van der Waals surface area (Å²) in [7, 11) is 0. The third-order valence-corrected chi connectivity index (χ3v) is 2.33. The number of rotatable bonds is 3. The number of nitrogens with one attached hydrogen (secondary N) is 1. The van der Waals surface area contributed by atoms with Crippen LogP contribution in [0.15, 0.2) is 42.6 Å². The lowest BCUT2D eigenvalue weighted by molar-refractivity contribution is 0.102. The number of amides is 1. The van der Waals surface area contributed by atoms with E-state index in [9.17, 15) is 9.18 Å². The topological polar surface area (TPSA) is 62.2 Å². The summed E-state index contributed by atoms with van der Waals surface area (Å²) in [6.07, 6.45) is 0.985. The Morgan fingerprint density at radius 1 is 1.33 bits per heavy atom. The Bertz CT molecular complexity index is 555. The maximum Gasteiger partial charge on any atom is 0.274 e. The molecular weight excluding hydrogens is 235 g/mol. The molecule has 1 aromatic carbocycles. The highest BCUT2D eigenvalue weighted by Gasteiger charge is 2.07. The van der Waals surface area contributed by atoms with Crippen molar-refractivity contribution in [1.82, 2.24) is 4.98 Å². The van der Waals surface area contributed by atoms with Gasteiger partial charge in [-0.1, -0.05) is 12.1 Å². The summed E-state index contributed by atoms with van der Waals surface area (Å²) in [4.78, 5) is 15.4. The molecule has 5 heteroatoms. The molecule has 0 spiro atoms. The fourth-order valence-corrected chi connectivity index (χ4v) is 1.45. The predicted octanol–water partition coefficient (Wildman–Crippen LogP) is 1.97. The molecule has 0 unspecified atom stereocenters. The van der Waals surface area contributed by atoms with E-state index in [1.807, 2.05) is 0 Å². The molecule has 0 saturated carbocycles. The van der Waals surface area contributed by atoms with Gasteiger partial charge in [-0.25, -0.2) is 9.37 Å². The van der Waals surface area contributed by atoms with Gasteiger partial charge in [0.2, 0.25) is 0 Å². The molecule has 2 rings (SSSR count). The van der Waals surface area contributed by atoms with Crippen LogP contribution in [0.5, 0.6) is 0 Å². The molecule has 2 aromatic rings. The second-order valence-electron chi connectivity index (χ2n) is 3.67. The number of halogens is 1. The van der Waals surface area contributed by atoms with Gasteiger partial charge in [0.15, 0.2) is 0 Å². The molecule has 4 nitrogen and oxygen atoms in total. The molecule has 1 heterocycles. The first-order valence-electron chi connectivity index (χ1n) is 5.32. The lowest BCUT2D eigenvalue weighted by Crippen LogP contribution is -2.13. The number of anilines is 1. The van der Waals surface area contributed by atoms with Crippen molar-refractivity contribution in [2.75, 3.05) is 5.32 Å². The van der Waals surface area contributed by atoms with Crippen LogP contribution >= 0.6 is 0 Å². The van der Waals surface area contributed by atoms with Gasteiger partial charge < -0.3 is 10.4 Å². The second kappa shape index (κ2) is 5.37. The first kappa shape index (κ1) is 12.2. The summed E-state index contributed by atoms with van der Waals surface area (Å²) in [6, 6.07) is 9.29. The van der Waals surface area contributed by atoms with Gasteiger partial charge in [-0.3, -0.25) is 4.79 Å². The average Bonchev–Trinajstić information content (AvgIpc) is 2.39. The van der Waals surface area contributed by atoms with Gasteiger partial charge in [-0.2, -0.15) is 0 Å². The van der Waals surface area contributed by atoms with Gasteiger partial charge in [-0.15, -0.1) is 0 Å². The molecule has 0 aliphatic heterocycles. The molecule has 0 radical (unpaired) electrons. The lowest BCUT2D eigenvalue weighted by Gasteiger charge is -2.05. The molecule has 0 saturated heterocycles. The van der Waals surface area contributed by atoms with E-state index in [1.54, 1.807) is 24.3 Å². The molecule has 0 fully saturated rings. The fraction of sp³-hybridized carbons (Fsp3) is 0.0769. The number of hydrogen-bond donors (Lipinski definition) is 2. The highest BCUT2D eigenvalue weighted by atomic mass is 19.1. The van der Waals surface area contributed by atoms with Gasteiger partial charge in [0.05, 0.1) is 12.8 Å². The summed E-state index contributed by atoms with van der Waals surface area (Å²) < 4.78 is 12.7. The molecule has 2 N–H and O–H groups in total. The van der Waals surface area contributed by atoms with Gasteiger partial charge in [0.1, 0.15) is 11.5 Å². The van der Waals surface area contributed by atoms with Crippen LogP contribution in [0.2, 0.25) is 0 Å². The van der Waals surface area contributed by atoms with Crippen molar-refractivity contribution in [2.24, 2.45) is 0 Å². The van der Waals surface area contributed by atoms with Crippen LogP contribution in [-0.4, -0.2) is 16.0 Å². The molecule has 0 aliphatic rings. The standard InChI is InChI=1S/C13H11FN2O2/c14-10-4-5-12(15-7-10)13(18)16-11-3-1-2-9(6-11)8-17/h1-7,17H,8H2,(H,16,18). The number of aromatic nitrogens is 1. The number of aliphatic hydroxyl groups excluding tert-OH is 1. The largest absolute Gasteiger partial charge is 0.392 e. The zero-order valence-electron chi connectivity index (χ0n) is 9.43. The number of hydrogen-bond acceptors (Lipinski definition) is 3. The zero-order chi connectivity index (χ0) is 13.0. The van der Waals surface area contributed by atoms with Crippen molar-refractivity contribution in [3.63, 3.8) is 0 Å². The summed E-state index contributed by atoms with van der Waals surface area (Å²) in [5.74, 6) is -0.918. The third-order valence-electron chi connectivity index (χ3n) is 2.33. The Balaban J connectivity index is 2.13. The third kappa shape index (κ3) is 2.89. The van der Waals surface area contributed by atoms with E-state index in [2.05, 4.69) is 10.3 Å². The summed E-state index contributed by atoms with van der Waals surface area (Å²) in [6.45, 7) is -0.0987. The number of aliphatic hydroxyl groups is 1. The number of carbonyl (C=O) groups is 1. The van der Waals surface area contributed by atoms with E-state index >= 15 is 0 Å². The minimum Gasteiger partial charge on any atom is -0.392 e. The molecule has 0 atom stereocenters.